The molecule has 4 rings (SSSR count). The summed E-state index contributed by atoms with van der Waals surface area (Å²) in [5, 5.41) is 3.94. The molecule has 0 radical (unpaired) electrons. The Kier molecular flexibility index (Phi) is 7.29. The second-order valence-electron chi connectivity index (χ2n) is 7.96. The number of aromatic nitrogens is 3. The Bertz CT molecular complexity index is 1240. The number of hydrogen-bond acceptors (Lipinski definition) is 5. The first-order valence-electron chi connectivity index (χ1n) is 11.0. The van der Waals surface area contributed by atoms with Crippen molar-refractivity contribution in [2.75, 3.05) is 7.11 Å². The van der Waals surface area contributed by atoms with Crippen molar-refractivity contribution < 1.29 is 9.53 Å². The van der Waals surface area contributed by atoms with E-state index in [0.29, 0.717) is 12.1 Å². The maximum absolute atomic E-state index is 12.4. The fourth-order valence-corrected chi connectivity index (χ4v) is 4.43. The van der Waals surface area contributed by atoms with Gasteiger partial charge in [-0.15, -0.1) is 0 Å². The summed E-state index contributed by atoms with van der Waals surface area (Å²) in [6, 6.07) is 17.9. The van der Waals surface area contributed by atoms with Gasteiger partial charge in [-0.3, -0.25) is 9.78 Å². The van der Waals surface area contributed by atoms with Crippen LogP contribution >= 0.6 is 11.8 Å². The normalized spacial score (nSPS) is 12.0. The Hall–Kier alpha value is -3.32. The van der Waals surface area contributed by atoms with Crippen LogP contribution in [0, 0.1) is 0 Å². The molecule has 6 nitrogen and oxygen atoms in total. The standard InChI is InChI=1S/C26H28N4O2S/c1-4-18(2)28-25(31)21-10-8-19(9-11-21)16-30-24-15-27-13-12-23(24)29-26(30)33-17-20-6-5-7-22(14-20)32-3/h5-15,18H,4,16-17H2,1-3H3,(H,28,31). The van der Waals surface area contributed by atoms with E-state index in [9.17, 15) is 4.79 Å². The molecule has 0 spiro atoms. The van der Waals surface area contributed by atoms with Crippen LogP contribution < -0.4 is 10.1 Å². The summed E-state index contributed by atoms with van der Waals surface area (Å²) in [5.74, 6) is 1.59. The number of carbonyl (C=O) groups is 1. The summed E-state index contributed by atoms with van der Waals surface area (Å²) in [4.78, 5) is 21.5. The summed E-state index contributed by atoms with van der Waals surface area (Å²) in [6.07, 6.45) is 4.52. The Morgan fingerprint density at radius 2 is 1.97 bits per heavy atom. The molecular formula is C26H28N4O2S. The van der Waals surface area contributed by atoms with Crippen LogP contribution in [0.3, 0.4) is 0 Å². The van der Waals surface area contributed by atoms with E-state index in [4.69, 9.17) is 9.72 Å². The van der Waals surface area contributed by atoms with Gasteiger partial charge in [-0.05, 0) is 54.8 Å². The number of imidazole rings is 1. The molecule has 2 heterocycles. The Labute approximate surface area is 198 Å². The van der Waals surface area contributed by atoms with Gasteiger partial charge in [-0.25, -0.2) is 4.98 Å². The van der Waals surface area contributed by atoms with Crippen molar-refractivity contribution in [1.29, 1.82) is 0 Å². The van der Waals surface area contributed by atoms with Crippen molar-refractivity contribution in [3.8, 4) is 5.75 Å². The molecule has 33 heavy (non-hydrogen) atoms. The van der Waals surface area contributed by atoms with E-state index in [0.717, 1.165) is 39.7 Å². The summed E-state index contributed by atoms with van der Waals surface area (Å²) in [5.41, 5.74) is 4.85. The first kappa shape index (κ1) is 22.9. The van der Waals surface area contributed by atoms with Crippen molar-refractivity contribution in [2.45, 2.75) is 43.8 Å². The predicted molar refractivity (Wildman–Crippen MR) is 133 cm³/mol. The van der Waals surface area contributed by atoms with Gasteiger partial charge in [0.2, 0.25) is 0 Å². The fourth-order valence-electron chi connectivity index (χ4n) is 3.47. The molecule has 0 aliphatic carbocycles. The molecule has 0 bridgehead atoms. The van der Waals surface area contributed by atoms with Gasteiger partial charge in [0.25, 0.3) is 5.91 Å². The Morgan fingerprint density at radius 3 is 2.73 bits per heavy atom. The molecule has 0 fully saturated rings. The van der Waals surface area contributed by atoms with E-state index in [1.165, 1.54) is 5.56 Å². The first-order chi connectivity index (χ1) is 16.1. The number of benzene rings is 2. The summed E-state index contributed by atoms with van der Waals surface area (Å²) < 4.78 is 7.53. The lowest BCUT2D eigenvalue weighted by atomic mass is 10.1. The summed E-state index contributed by atoms with van der Waals surface area (Å²) >= 11 is 1.69. The van der Waals surface area contributed by atoms with Crippen LogP contribution in [-0.2, 0) is 12.3 Å². The van der Waals surface area contributed by atoms with E-state index >= 15 is 0 Å². The van der Waals surface area contributed by atoms with Crippen molar-refractivity contribution >= 4 is 28.7 Å². The molecule has 2 aromatic heterocycles. The largest absolute Gasteiger partial charge is 0.497 e. The molecule has 1 N–H and O–H groups in total. The quantitative estimate of drug-likeness (QED) is 0.343. The number of fused-ring (bicyclic) bond motifs is 1. The average molecular weight is 461 g/mol. The van der Waals surface area contributed by atoms with Gasteiger partial charge < -0.3 is 14.6 Å². The molecular weight excluding hydrogens is 432 g/mol. The van der Waals surface area contributed by atoms with Crippen molar-refractivity contribution in [2.24, 2.45) is 0 Å². The molecule has 0 aliphatic heterocycles. The maximum Gasteiger partial charge on any atom is 0.251 e. The number of pyridine rings is 1. The van der Waals surface area contributed by atoms with Gasteiger partial charge in [-0.1, -0.05) is 43.0 Å². The van der Waals surface area contributed by atoms with Gasteiger partial charge >= 0.3 is 0 Å². The minimum atomic E-state index is -0.0392. The van der Waals surface area contributed by atoms with Crippen LogP contribution in [0.4, 0.5) is 0 Å². The minimum Gasteiger partial charge on any atom is -0.497 e. The number of methoxy groups -OCH3 is 1. The second-order valence-corrected chi connectivity index (χ2v) is 8.91. The van der Waals surface area contributed by atoms with E-state index < -0.39 is 0 Å². The lowest BCUT2D eigenvalue weighted by Gasteiger charge is -2.12. The van der Waals surface area contributed by atoms with Crippen LogP contribution in [0.5, 0.6) is 5.75 Å². The summed E-state index contributed by atoms with van der Waals surface area (Å²) in [6.45, 7) is 4.72. The van der Waals surface area contributed by atoms with Crippen LogP contribution in [-0.4, -0.2) is 33.6 Å². The van der Waals surface area contributed by atoms with Gasteiger partial charge in [0.15, 0.2) is 5.16 Å². The van der Waals surface area contributed by atoms with Crippen LogP contribution in [0.15, 0.2) is 72.1 Å². The SMILES string of the molecule is CCC(C)NC(=O)c1ccc(Cn2c(SCc3cccc(OC)c3)nc3ccncc32)cc1. The third kappa shape index (κ3) is 5.54. The molecule has 0 saturated carbocycles. The van der Waals surface area contributed by atoms with Crippen LogP contribution in [0.2, 0.25) is 0 Å². The number of carbonyl (C=O) groups excluding carboxylic acids is 1. The minimum absolute atomic E-state index is 0.0392. The highest BCUT2D eigenvalue weighted by Gasteiger charge is 2.13. The summed E-state index contributed by atoms with van der Waals surface area (Å²) in [7, 11) is 1.68. The lowest BCUT2D eigenvalue weighted by Crippen LogP contribution is -2.31. The number of rotatable bonds is 9. The van der Waals surface area contributed by atoms with Crippen molar-refractivity contribution in [3.05, 3.63) is 83.7 Å². The van der Waals surface area contributed by atoms with Gasteiger partial charge in [0, 0.05) is 23.6 Å². The Balaban J connectivity index is 1.55. The average Bonchev–Trinajstić information content (AvgIpc) is 3.20. The number of thioether (sulfide) groups is 1. The molecule has 1 atom stereocenters. The van der Waals surface area contributed by atoms with E-state index in [1.807, 2.05) is 61.7 Å². The highest BCUT2D eigenvalue weighted by atomic mass is 32.2. The predicted octanol–water partition coefficient (Wildman–Crippen LogP) is 5.31. The zero-order valence-electron chi connectivity index (χ0n) is 19.1. The van der Waals surface area contributed by atoms with E-state index in [-0.39, 0.29) is 11.9 Å². The topological polar surface area (TPSA) is 69.0 Å². The number of ether oxygens (including phenoxy) is 1. The van der Waals surface area contributed by atoms with Gasteiger partial charge in [0.1, 0.15) is 5.75 Å². The molecule has 4 aromatic rings. The highest BCUT2D eigenvalue weighted by Crippen LogP contribution is 2.28. The van der Waals surface area contributed by atoms with Crippen LogP contribution in [0.1, 0.15) is 41.8 Å². The van der Waals surface area contributed by atoms with E-state index in [1.54, 1.807) is 25.1 Å². The zero-order chi connectivity index (χ0) is 23.2. The molecule has 0 saturated heterocycles. The zero-order valence-corrected chi connectivity index (χ0v) is 19.9. The molecule has 1 unspecified atom stereocenters. The monoisotopic (exact) mass is 460 g/mol. The number of nitrogens with zero attached hydrogens (tertiary/aromatic N) is 3. The van der Waals surface area contributed by atoms with E-state index in [2.05, 4.69) is 27.9 Å². The molecule has 2 aromatic carbocycles. The smallest absolute Gasteiger partial charge is 0.251 e. The lowest BCUT2D eigenvalue weighted by molar-refractivity contribution is 0.0939. The Morgan fingerprint density at radius 1 is 1.15 bits per heavy atom. The third-order valence-electron chi connectivity index (χ3n) is 5.56. The molecule has 7 heteroatoms. The van der Waals surface area contributed by atoms with Crippen molar-refractivity contribution in [1.82, 2.24) is 19.9 Å². The van der Waals surface area contributed by atoms with Crippen LogP contribution in [0.25, 0.3) is 11.0 Å². The first-order valence-corrected chi connectivity index (χ1v) is 12.0. The van der Waals surface area contributed by atoms with Gasteiger partial charge in [-0.2, -0.15) is 0 Å². The number of hydrogen-bond donors (Lipinski definition) is 1. The van der Waals surface area contributed by atoms with Crippen molar-refractivity contribution in [3.63, 3.8) is 0 Å². The molecule has 1 amide bonds. The number of nitrogens with one attached hydrogen (secondary N) is 1. The molecule has 170 valence electrons. The maximum atomic E-state index is 12.4. The molecule has 0 aliphatic rings. The fraction of sp³-hybridized carbons (Fsp3) is 0.269. The van der Waals surface area contributed by atoms with Gasteiger partial charge in [0.05, 0.1) is 30.9 Å². The highest BCUT2D eigenvalue weighted by molar-refractivity contribution is 7.98. The third-order valence-corrected chi connectivity index (χ3v) is 6.61. The number of amides is 1. The second kappa shape index (κ2) is 10.5.